The number of aryl methyl sites for hydroxylation is 1. The van der Waals surface area contributed by atoms with Gasteiger partial charge in [0.1, 0.15) is 0 Å². The van der Waals surface area contributed by atoms with Crippen molar-refractivity contribution >= 4 is 16.9 Å². The Morgan fingerprint density at radius 1 is 1.18 bits per heavy atom. The molecular formula is C27H30F3N5O3. The first-order chi connectivity index (χ1) is 18.0. The average molecular weight is 530 g/mol. The van der Waals surface area contributed by atoms with Crippen LogP contribution in [-0.4, -0.2) is 63.6 Å². The molecule has 5 rings (SSSR count). The fourth-order valence-corrected chi connectivity index (χ4v) is 5.67. The molecule has 2 aliphatic heterocycles. The number of amides is 1. The van der Waals surface area contributed by atoms with Crippen LogP contribution in [0.4, 0.5) is 13.2 Å². The monoisotopic (exact) mass is 529 g/mol. The number of nitrogens with zero attached hydrogens (tertiary/aromatic N) is 5. The van der Waals surface area contributed by atoms with E-state index >= 15 is 0 Å². The fourth-order valence-electron chi connectivity index (χ4n) is 5.67. The van der Waals surface area contributed by atoms with Gasteiger partial charge in [0, 0.05) is 58.1 Å². The minimum absolute atomic E-state index is 0.0399. The first-order valence-corrected chi connectivity index (χ1v) is 12.6. The third kappa shape index (κ3) is 4.69. The molecule has 0 radical (unpaired) electrons. The van der Waals surface area contributed by atoms with Gasteiger partial charge in [-0.05, 0) is 49.2 Å². The summed E-state index contributed by atoms with van der Waals surface area (Å²) < 4.78 is 46.8. The van der Waals surface area contributed by atoms with Gasteiger partial charge in [0.15, 0.2) is 0 Å². The van der Waals surface area contributed by atoms with E-state index in [4.69, 9.17) is 4.74 Å². The molecule has 8 nitrogen and oxygen atoms in total. The largest absolute Gasteiger partial charge is 0.417 e. The number of likely N-dealkylation sites (tertiary alicyclic amines) is 1. The molecule has 2 aromatic heterocycles. The standard InChI is InChI=1S/C27H30F3N5O3/c1-17(18-4-5-22-23(11-18)33(2)24(36)13-32-22)35-9-7-26(15-35,16-38-3)25(37)34-8-6-21-19(14-34)10-20(12-31-21)27(28,29)30/h4-5,10-13,17H,6-9,14-16H2,1-3H3. The summed E-state index contributed by atoms with van der Waals surface area (Å²) >= 11 is 0. The van der Waals surface area contributed by atoms with Crippen LogP contribution in [0, 0.1) is 5.41 Å². The van der Waals surface area contributed by atoms with Gasteiger partial charge in [0.25, 0.3) is 5.56 Å². The SMILES string of the molecule is COCC1(C(=O)N2CCc3ncc(C(F)(F)F)cc3C2)CCN(C(C)c2ccc3ncc(=O)n(C)c3c2)C1. The Bertz CT molecular complexity index is 1440. The predicted octanol–water partition coefficient (Wildman–Crippen LogP) is 3.33. The van der Waals surface area contributed by atoms with Crippen molar-refractivity contribution in [1.29, 1.82) is 0 Å². The second-order valence-electron chi connectivity index (χ2n) is 10.3. The van der Waals surface area contributed by atoms with Crippen molar-refractivity contribution in [2.75, 3.05) is 33.4 Å². The van der Waals surface area contributed by atoms with Crippen LogP contribution in [0.5, 0.6) is 0 Å². The number of fused-ring (bicyclic) bond motifs is 2. The van der Waals surface area contributed by atoms with Gasteiger partial charge >= 0.3 is 6.18 Å². The topological polar surface area (TPSA) is 80.6 Å². The van der Waals surface area contributed by atoms with Crippen LogP contribution in [0.2, 0.25) is 0 Å². The van der Waals surface area contributed by atoms with Gasteiger partial charge in [-0.25, -0.2) is 4.98 Å². The van der Waals surface area contributed by atoms with Crippen molar-refractivity contribution in [1.82, 2.24) is 24.3 Å². The predicted molar refractivity (Wildman–Crippen MR) is 134 cm³/mol. The molecule has 38 heavy (non-hydrogen) atoms. The Balaban J connectivity index is 1.37. The normalized spacial score (nSPS) is 21.1. The van der Waals surface area contributed by atoms with Gasteiger partial charge < -0.3 is 14.2 Å². The number of halogens is 3. The average Bonchev–Trinajstić information content (AvgIpc) is 3.34. The highest BCUT2D eigenvalue weighted by Gasteiger charge is 2.48. The van der Waals surface area contributed by atoms with Gasteiger partial charge in [-0.15, -0.1) is 0 Å². The van der Waals surface area contributed by atoms with E-state index in [1.807, 2.05) is 18.2 Å². The molecule has 1 aromatic carbocycles. The van der Waals surface area contributed by atoms with Crippen LogP contribution in [0.25, 0.3) is 11.0 Å². The Morgan fingerprint density at radius 3 is 2.71 bits per heavy atom. The van der Waals surface area contributed by atoms with Crippen molar-refractivity contribution in [3.8, 4) is 0 Å². The molecular weight excluding hydrogens is 499 g/mol. The van der Waals surface area contributed by atoms with Crippen LogP contribution >= 0.6 is 0 Å². The van der Waals surface area contributed by atoms with Crippen LogP contribution in [0.15, 0.2) is 41.5 Å². The number of aromatic nitrogens is 3. The Morgan fingerprint density at radius 2 is 1.97 bits per heavy atom. The number of alkyl halides is 3. The minimum Gasteiger partial charge on any atom is -0.384 e. The van der Waals surface area contributed by atoms with E-state index in [1.54, 1.807) is 23.6 Å². The van der Waals surface area contributed by atoms with Crippen LogP contribution < -0.4 is 5.56 Å². The summed E-state index contributed by atoms with van der Waals surface area (Å²) in [5, 5.41) is 0. The molecule has 2 unspecified atom stereocenters. The number of hydrogen-bond acceptors (Lipinski definition) is 6. The zero-order valence-electron chi connectivity index (χ0n) is 21.6. The van der Waals surface area contributed by atoms with E-state index in [0.29, 0.717) is 43.7 Å². The van der Waals surface area contributed by atoms with Crippen molar-refractivity contribution in [2.45, 2.75) is 38.5 Å². The summed E-state index contributed by atoms with van der Waals surface area (Å²) in [6.07, 6.45) is -1.35. The quantitative estimate of drug-likeness (QED) is 0.505. The van der Waals surface area contributed by atoms with E-state index in [2.05, 4.69) is 21.8 Å². The highest BCUT2D eigenvalue weighted by atomic mass is 19.4. The summed E-state index contributed by atoms with van der Waals surface area (Å²) in [5.74, 6) is -0.109. The molecule has 1 amide bonds. The van der Waals surface area contributed by atoms with Crippen molar-refractivity contribution in [3.63, 3.8) is 0 Å². The number of pyridine rings is 1. The number of methoxy groups -OCH3 is 1. The first kappa shape index (κ1) is 26.3. The molecule has 2 atom stereocenters. The molecule has 0 bridgehead atoms. The van der Waals surface area contributed by atoms with Crippen molar-refractivity contribution in [3.05, 3.63) is 69.4 Å². The Hall–Kier alpha value is -3.31. The summed E-state index contributed by atoms with van der Waals surface area (Å²) in [5.41, 5.74) is 1.70. The number of benzene rings is 1. The lowest BCUT2D eigenvalue weighted by molar-refractivity contribution is -0.145. The minimum atomic E-state index is -4.49. The van der Waals surface area contributed by atoms with Gasteiger partial charge in [-0.2, -0.15) is 13.2 Å². The fraction of sp³-hybridized carbons (Fsp3) is 0.481. The molecule has 3 aromatic rings. The van der Waals surface area contributed by atoms with Crippen LogP contribution in [-0.2, 0) is 35.7 Å². The highest BCUT2D eigenvalue weighted by molar-refractivity contribution is 5.84. The van der Waals surface area contributed by atoms with Gasteiger partial charge in [0.2, 0.25) is 5.91 Å². The molecule has 1 saturated heterocycles. The lowest BCUT2D eigenvalue weighted by Crippen LogP contribution is -2.49. The van der Waals surface area contributed by atoms with E-state index in [-0.39, 0.29) is 30.7 Å². The van der Waals surface area contributed by atoms with Crippen molar-refractivity contribution in [2.24, 2.45) is 12.5 Å². The van der Waals surface area contributed by atoms with Gasteiger partial charge in [0.05, 0.1) is 34.8 Å². The molecule has 4 heterocycles. The molecule has 202 valence electrons. The van der Waals surface area contributed by atoms with Crippen LogP contribution in [0.3, 0.4) is 0 Å². The third-order valence-electron chi connectivity index (χ3n) is 7.95. The smallest absolute Gasteiger partial charge is 0.384 e. The first-order valence-electron chi connectivity index (χ1n) is 12.6. The summed E-state index contributed by atoms with van der Waals surface area (Å²) in [4.78, 5) is 38.1. The molecule has 2 aliphatic rings. The highest BCUT2D eigenvalue weighted by Crippen LogP contribution is 2.39. The number of rotatable bonds is 5. The summed E-state index contributed by atoms with van der Waals surface area (Å²) in [7, 11) is 3.27. The number of carbonyl (C=O) groups is 1. The maximum Gasteiger partial charge on any atom is 0.417 e. The third-order valence-corrected chi connectivity index (χ3v) is 7.95. The lowest BCUT2D eigenvalue weighted by Gasteiger charge is -2.37. The molecule has 0 aliphatic carbocycles. The molecule has 0 N–H and O–H groups in total. The number of carbonyl (C=O) groups excluding carboxylic acids is 1. The zero-order chi connectivity index (χ0) is 27.2. The maximum atomic E-state index is 13.9. The Labute approximate surface area is 218 Å². The second-order valence-corrected chi connectivity index (χ2v) is 10.3. The van der Waals surface area contributed by atoms with E-state index in [0.717, 1.165) is 28.9 Å². The molecule has 0 spiro atoms. The van der Waals surface area contributed by atoms with E-state index in [1.165, 1.54) is 6.20 Å². The Kier molecular flexibility index (Phi) is 6.77. The van der Waals surface area contributed by atoms with Gasteiger partial charge in [-0.1, -0.05) is 6.07 Å². The molecule has 11 heteroatoms. The molecule has 1 fully saturated rings. The number of hydrogen-bond donors (Lipinski definition) is 0. The second kappa shape index (κ2) is 9.77. The summed E-state index contributed by atoms with van der Waals surface area (Å²) in [6.45, 7) is 3.88. The van der Waals surface area contributed by atoms with E-state index in [9.17, 15) is 22.8 Å². The lowest BCUT2D eigenvalue weighted by atomic mass is 9.85. The zero-order valence-corrected chi connectivity index (χ0v) is 21.6. The van der Waals surface area contributed by atoms with Crippen molar-refractivity contribution < 1.29 is 22.7 Å². The number of ether oxygens (including phenoxy) is 1. The molecule has 0 saturated carbocycles. The maximum absolute atomic E-state index is 13.9. The van der Waals surface area contributed by atoms with Gasteiger partial charge in [-0.3, -0.25) is 19.5 Å². The summed E-state index contributed by atoms with van der Waals surface area (Å²) in [6, 6.07) is 6.89. The van der Waals surface area contributed by atoms with Crippen LogP contribution in [0.1, 0.15) is 41.8 Å². The van der Waals surface area contributed by atoms with E-state index < -0.39 is 17.2 Å².